The molecule has 0 aromatic carbocycles. The van der Waals surface area contributed by atoms with Gasteiger partial charge in [-0.15, -0.1) is 0 Å². The van der Waals surface area contributed by atoms with Crippen LogP contribution in [0, 0.1) is 5.92 Å². The minimum atomic E-state index is 0.471. The molecule has 2 aliphatic rings. The summed E-state index contributed by atoms with van der Waals surface area (Å²) in [7, 11) is 0. The lowest BCUT2D eigenvalue weighted by Crippen LogP contribution is -2.51. The van der Waals surface area contributed by atoms with Crippen LogP contribution in [0.3, 0.4) is 0 Å². The number of allylic oxidation sites excluding steroid dienone is 1. The maximum atomic E-state index is 5.21. The summed E-state index contributed by atoms with van der Waals surface area (Å²) in [5, 5.41) is 7.49. The van der Waals surface area contributed by atoms with E-state index in [9.17, 15) is 0 Å². The van der Waals surface area contributed by atoms with Crippen LogP contribution in [0.15, 0.2) is 11.3 Å². The fourth-order valence-corrected chi connectivity index (χ4v) is 2.64. The lowest BCUT2D eigenvalue weighted by atomic mass is 9.85. The van der Waals surface area contributed by atoms with E-state index in [1.165, 1.54) is 31.4 Å². The molecule has 0 unspecified atom stereocenters. The summed E-state index contributed by atoms with van der Waals surface area (Å²) in [6.07, 6.45) is 5.05. The van der Waals surface area contributed by atoms with Crippen molar-refractivity contribution in [1.29, 1.82) is 0 Å². The molecule has 2 nitrogen and oxygen atoms in total. The van der Waals surface area contributed by atoms with Crippen LogP contribution in [0.4, 0.5) is 0 Å². The summed E-state index contributed by atoms with van der Waals surface area (Å²) < 4.78 is 0. The van der Waals surface area contributed by atoms with Gasteiger partial charge in [-0.3, -0.25) is 0 Å². The summed E-state index contributed by atoms with van der Waals surface area (Å²) in [5.41, 5.74) is 2.97. The van der Waals surface area contributed by atoms with E-state index in [-0.39, 0.29) is 0 Å². The average Bonchev–Trinajstić information content (AvgIpc) is 2.16. The topological polar surface area (TPSA) is 24.1 Å². The van der Waals surface area contributed by atoms with Crippen molar-refractivity contribution in [1.82, 2.24) is 10.6 Å². The quantitative estimate of drug-likeness (QED) is 0.650. The summed E-state index contributed by atoms with van der Waals surface area (Å²) in [6, 6.07) is 0.471. The van der Waals surface area contributed by atoms with Crippen molar-refractivity contribution in [3.63, 3.8) is 0 Å². The normalized spacial score (nSPS) is 27.1. The van der Waals surface area contributed by atoms with E-state index in [0.717, 1.165) is 5.11 Å². The Morgan fingerprint density at radius 3 is 2.71 bits per heavy atom. The highest BCUT2D eigenvalue weighted by molar-refractivity contribution is 7.80. The van der Waals surface area contributed by atoms with Crippen LogP contribution in [-0.2, 0) is 0 Å². The number of thiocarbonyl (C=S) groups is 1. The summed E-state index contributed by atoms with van der Waals surface area (Å²) in [5.74, 6) is 0.623. The second-order valence-electron chi connectivity index (χ2n) is 4.53. The van der Waals surface area contributed by atoms with E-state index in [2.05, 4.69) is 24.5 Å². The molecule has 2 rings (SSSR count). The third-order valence-electron chi connectivity index (χ3n) is 3.10. The average molecular weight is 210 g/mol. The Hall–Kier alpha value is -0.570. The minimum absolute atomic E-state index is 0.471. The molecular formula is C11H18N2S. The molecule has 1 atom stereocenters. The van der Waals surface area contributed by atoms with Gasteiger partial charge in [0.15, 0.2) is 5.11 Å². The molecular weight excluding hydrogens is 192 g/mol. The van der Waals surface area contributed by atoms with Crippen LogP contribution < -0.4 is 10.6 Å². The number of nitrogens with one attached hydrogen (secondary N) is 2. The zero-order chi connectivity index (χ0) is 10.1. The molecule has 0 bridgehead atoms. The van der Waals surface area contributed by atoms with Crippen molar-refractivity contribution in [3.8, 4) is 0 Å². The van der Waals surface area contributed by atoms with Crippen molar-refractivity contribution < 1.29 is 0 Å². The van der Waals surface area contributed by atoms with Gasteiger partial charge >= 0.3 is 0 Å². The predicted molar refractivity (Wildman–Crippen MR) is 63.0 cm³/mol. The molecule has 0 saturated heterocycles. The smallest absolute Gasteiger partial charge is 0.171 e. The number of hydrogen-bond donors (Lipinski definition) is 2. The zero-order valence-electron chi connectivity index (χ0n) is 8.89. The number of rotatable bonds is 1. The second-order valence-corrected chi connectivity index (χ2v) is 4.94. The Balaban J connectivity index is 2.27. The van der Waals surface area contributed by atoms with E-state index in [1.807, 2.05) is 0 Å². The highest BCUT2D eigenvalue weighted by Crippen LogP contribution is 2.30. The van der Waals surface area contributed by atoms with Gasteiger partial charge in [-0.05, 0) is 49.4 Å². The molecule has 1 heterocycles. The largest absolute Gasteiger partial charge is 0.356 e. The first-order valence-electron chi connectivity index (χ1n) is 5.48. The lowest BCUT2D eigenvalue weighted by Gasteiger charge is -2.36. The van der Waals surface area contributed by atoms with Crippen LogP contribution >= 0.6 is 12.2 Å². The molecule has 14 heavy (non-hydrogen) atoms. The Bertz CT molecular complexity index is 281. The molecule has 0 fully saturated rings. The maximum Gasteiger partial charge on any atom is 0.171 e. The van der Waals surface area contributed by atoms with Crippen LogP contribution in [0.25, 0.3) is 0 Å². The van der Waals surface area contributed by atoms with Crippen molar-refractivity contribution >= 4 is 17.3 Å². The molecule has 2 N–H and O–H groups in total. The maximum absolute atomic E-state index is 5.21. The molecule has 3 heteroatoms. The van der Waals surface area contributed by atoms with Crippen LogP contribution in [0.2, 0.25) is 0 Å². The molecule has 0 radical (unpaired) electrons. The first-order chi connectivity index (χ1) is 6.68. The molecule has 78 valence electrons. The lowest BCUT2D eigenvalue weighted by molar-refractivity contribution is 0.452. The third-order valence-corrected chi connectivity index (χ3v) is 3.32. The Morgan fingerprint density at radius 2 is 2.00 bits per heavy atom. The monoisotopic (exact) mass is 210 g/mol. The molecule has 0 aromatic rings. The van der Waals surface area contributed by atoms with E-state index in [4.69, 9.17) is 12.2 Å². The van der Waals surface area contributed by atoms with Gasteiger partial charge in [0.25, 0.3) is 0 Å². The first-order valence-corrected chi connectivity index (χ1v) is 5.88. The molecule has 1 aliphatic heterocycles. The highest BCUT2D eigenvalue weighted by atomic mass is 32.1. The standard InChI is InChI=1S/C11H18N2S/c1-7(2)10-8-5-3-4-6-9(8)12-11(14)13-10/h7,10H,3-6H2,1-2H3,(H2,12,13,14)/t10-/m0/s1. The molecule has 0 aromatic heterocycles. The van der Waals surface area contributed by atoms with Gasteiger partial charge < -0.3 is 10.6 Å². The van der Waals surface area contributed by atoms with Gasteiger partial charge in [0, 0.05) is 5.70 Å². The Kier molecular flexibility index (Phi) is 2.77. The van der Waals surface area contributed by atoms with E-state index in [0.29, 0.717) is 12.0 Å². The van der Waals surface area contributed by atoms with E-state index < -0.39 is 0 Å². The van der Waals surface area contributed by atoms with Crippen LogP contribution in [0.5, 0.6) is 0 Å². The van der Waals surface area contributed by atoms with Crippen molar-refractivity contribution in [2.24, 2.45) is 5.92 Å². The highest BCUT2D eigenvalue weighted by Gasteiger charge is 2.28. The van der Waals surface area contributed by atoms with Gasteiger partial charge in [-0.25, -0.2) is 0 Å². The van der Waals surface area contributed by atoms with Crippen LogP contribution in [-0.4, -0.2) is 11.2 Å². The summed E-state index contributed by atoms with van der Waals surface area (Å²) in [4.78, 5) is 0. The number of hydrogen-bond acceptors (Lipinski definition) is 1. The summed E-state index contributed by atoms with van der Waals surface area (Å²) >= 11 is 5.21. The van der Waals surface area contributed by atoms with Gasteiger partial charge in [0.05, 0.1) is 6.04 Å². The van der Waals surface area contributed by atoms with Crippen LogP contribution in [0.1, 0.15) is 39.5 Å². The summed E-state index contributed by atoms with van der Waals surface area (Å²) in [6.45, 7) is 4.51. The molecule has 1 aliphatic carbocycles. The predicted octanol–water partition coefficient (Wildman–Crippen LogP) is 2.32. The second kappa shape index (κ2) is 3.89. The van der Waals surface area contributed by atoms with Gasteiger partial charge in [0.2, 0.25) is 0 Å². The fourth-order valence-electron chi connectivity index (χ4n) is 2.39. The minimum Gasteiger partial charge on any atom is -0.356 e. The van der Waals surface area contributed by atoms with E-state index >= 15 is 0 Å². The van der Waals surface area contributed by atoms with Crippen molar-refractivity contribution in [2.45, 2.75) is 45.6 Å². The molecule has 0 saturated carbocycles. The molecule has 0 amide bonds. The SMILES string of the molecule is CC(C)[C@@H]1NC(=S)NC2=C1CCCC2. The van der Waals surface area contributed by atoms with Gasteiger partial charge in [0.1, 0.15) is 0 Å². The Labute approximate surface area is 91.1 Å². The Morgan fingerprint density at radius 1 is 1.29 bits per heavy atom. The molecule has 0 spiro atoms. The van der Waals surface area contributed by atoms with E-state index in [1.54, 1.807) is 5.57 Å². The fraction of sp³-hybridized carbons (Fsp3) is 0.727. The van der Waals surface area contributed by atoms with Crippen molar-refractivity contribution in [2.75, 3.05) is 0 Å². The zero-order valence-corrected chi connectivity index (χ0v) is 9.71. The first kappa shape index (κ1) is 9.97. The van der Waals surface area contributed by atoms with Crippen molar-refractivity contribution in [3.05, 3.63) is 11.3 Å². The van der Waals surface area contributed by atoms with Gasteiger partial charge in [-0.2, -0.15) is 0 Å². The van der Waals surface area contributed by atoms with Gasteiger partial charge in [-0.1, -0.05) is 13.8 Å². The third kappa shape index (κ3) is 1.78.